The Morgan fingerprint density at radius 1 is 0.787 bits per heavy atom. The van der Waals surface area contributed by atoms with Crippen molar-refractivity contribution in [3.05, 3.63) is 94.0 Å². The summed E-state index contributed by atoms with van der Waals surface area (Å²) in [6, 6.07) is 20.0. The molecule has 4 aliphatic rings. The average molecular weight is 681 g/mol. The first kappa shape index (κ1) is 34.6. The fourth-order valence-corrected chi connectivity index (χ4v) is 7.58. The first-order chi connectivity index (χ1) is 21.6. The highest BCUT2D eigenvalue weighted by Crippen LogP contribution is 2.51. The molecule has 0 saturated carbocycles. The Morgan fingerprint density at radius 2 is 1.49 bits per heavy atom. The van der Waals surface area contributed by atoms with Gasteiger partial charge in [-0.25, -0.2) is 0 Å². The van der Waals surface area contributed by atoms with Crippen LogP contribution in [0.3, 0.4) is 0 Å². The summed E-state index contributed by atoms with van der Waals surface area (Å²) in [5.41, 5.74) is 6.84. The summed E-state index contributed by atoms with van der Waals surface area (Å²) in [5, 5.41) is 22.5. The summed E-state index contributed by atoms with van der Waals surface area (Å²) in [4.78, 5) is 0. The van der Waals surface area contributed by atoms with E-state index in [1.54, 1.807) is 20.3 Å². The first-order valence-electron chi connectivity index (χ1n) is 15.9. The van der Waals surface area contributed by atoms with Gasteiger partial charge in [0.1, 0.15) is 11.8 Å². The van der Waals surface area contributed by atoms with E-state index in [0.29, 0.717) is 57.2 Å². The van der Waals surface area contributed by atoms with Crippen molar-refractivity contribution in [3.63, 3.8) is 0 Å². The largest absolute Gasteiger partial charge is 1.00 e. The maximum absolute atomic E-state index is 11.5. The van der Waals surface area contributed by atoms with Crippen LogP contribution < -0.4 is 31.4 Å². The molecule has 0 radical (unpaired) electrons. The van der Waals surface area contributed by atoms with Crippen LogP contribution in [0.5, 0.6) is 46.0 Å². The van der Waals surface area contributed by atoms with E-state index < -0.39 is 0 Å². The van der Waals surface area contributed by atoms with Crippen molar-refractivity contribution >= 4 is 12.4 Å². The van der Waals surface area contributed by atoms with E-state index in [1.807, 2.05) is 30.3 Å². The molecule has 0 amide bonds. The summed E-state index contributed by atoms with van der Waals surface area (Å²) in [7, 11) is 7.67. The van der Waals surface area contributed by atoms with Crippen LogP contribution in [0.2, 0.25) is 0 Å². The van der Waals surface area contributed by atoms with Crippen LogP contribution in [0, 0.1) is 5.92 Å². The minimum Gasteiger partial charge on any atom is -1.00 e. The molecule has 6 bridgehead atoms. The fraction of sp³-hybridized carbons (Fsp3) is 0.368. The third kappa shape index (κ3) is 6.29. The van der Waals surface area contributed by atoms with Gasteiger partial charge in [-0.2, -0.15) is 0 Å². The molecule has 3 atom stereocenters. The van der Waals surface area contributed by atoms with E-state index in [4.69, 9.17) is 18.9 Å². The van der Waals surface area contributed by atoms with Gasteiger partial charge in [-0.15, -0.1) is 12.4 Å². The second kappa shape index (κ2) is 13.4. The molecule has 2 N–H and O–H groups in total. The van der Waals surface area contributed by atoms with Gasteiger partial charge in [-0.05, 0) is 101 Å². The summed E-state index contributed by atoms with van der Waals surface area (Å²) in [6.07, 6.45) is 4.42. The molecule has 0 saturated heterocycles. The number of fused-ring (bicyclic) bond motifs is 2. The van der Waals surface area contributed by atoms with Crippen LogP contribution in [0.15, 0.2) is 60.7 Å². The number of likely N-dealkylation sites (N-methyl/N-ethyl adjacent to an activating group) is 1. The number of nitrogens with zero attached hydrogens (tertiary/aromatic N) is 1. The van der Waals surface area contributed by atoms with Crippen molar-refractivity contribution in [1.29, 1.82) is 0 Å². The molecule has 3 heterocycles. The summed E-state index contributed by atoms with van der Waals surface area (Å²) in [6.45, 7) is 3.23. The predicted molar refractivity (Wildman–Crippen MR) is 181 cm³/mol. The van der Waals surface area contributed by atoms with Gasteiger partial charge in [0.25, 0.3) is 0 Å². The van der Waals surface area contributed by atoms with Gasteiger partial charge >= 0.3 is 0 Å². The van der Waals surface area contributed by atoms with E-state index in [9.17, 15) is 10.2 Å². The second-order valence-electron chi connectivity index (χ2n) is 13.5. The zero-order valence-corrected chi connectivity index (χ0v) is 29.1. The molecule has 47 heavy (non-hydrogen) atoms. The van der Waals surface area contributed by atoms with Crippen molar-refractivity contribution < 1.29 is 46.1 Å². The normalized spacial score (nSPS) is 20.5. The number of aromatic hydroxyl groups is 2. The molecule has 4 aromatic carbocycles. The molecular weight excluding hydrogens is 637 g/mol. The van der Waals surface area contributed by atoms with Crippen molar-refractivity contribution in [2.45, 2.75) is 51.0 Å². The van der Waals surface area contributed by atoms with E-state index in [-0.39, 0.29) is 42.4 Å². The lowest BCUT2D eigenvalue weighted by Gasteiger charge is -2.43. The second-order valence-corrected chi connectivity index (χ2v) is 13.5. The third-order valence-electron chi connectivity index (χ3n) is 10.4. The first-order valence-corrected chi connectivity index (χ1v) is 15.9. The highest BCUT2D eigenvalue weighted by atomic mass is 35.5. The number of hydrogen-bond donors (Lipinski definition) is 2. The number of phenolic OH excluding ortho intramolecular Hbond substituents is 2. The Balaban J connectivity index is 0.00000217. The zero-order chi connectivity index (χ0) is 31.5. The van der Waals surface area contributed by atoms with Crippen LogP contribution in [-0.2, 0) is 25.7 Å². The van der Waals surface area contributed by atoms with Crippen molar-refractivity contribution in [1.82, 2.24) is 0 Å². The van der Waals surface area contributed by atoms with Crippen molar-refractivity contribution in [2.24, 2.45) is 5.92 Å². The highest BCUT2D eigenvalue weighted by Gasteiger charge is 2.41. The molecule has 7 nitrogen and oxygen atoms in total. The van der Waals surface area contributed by atoms with Crippen LogP contribution in [0.1, 0.15) is 58.7 Å². The molecule has 0 aromatic heterocycles. The SMILES string of the molecule is COc1cc2c3cc1Oc1cc(ccc1O)C[C@@H]1c4c(cc(OC)c(O)c4Oc4ccc(cc4)C[C@@H]3C(C)CC2)CC[N+]1(C)C.Cl.[Cl-]. The summed E-state index contributed by atoms with van der Waals surface area (Å²) < 4.78 is 25.2. The van der Waals surface area contributed by atoms with E-state index in [1.165, 1.54) is 16.7 Å². The number of methoxy groups -OCH3 is 2. The van der Waals surface area contributed by atoms with Gasteiger partial charge in [0.2, 0.25) is 5.75 Å². The third-order valence-corrected chi connectivity index (χ3v) is 10.4. The summed E-state index contributed by atoms with van der Waals surface area (Å²) >= 11 is 0. The molecule has 0 fully saturated rings. The molecular formula is C38H43Cl2NO6. The maximum Gasteiger partial charge on any atom is 0.201 e. The minimum atomic E-state index is -0.0448. The Morgan fingerprint density at radius 3 is 2.21 bits per heavy atom. The smallest absolute Gasteiger partial charge is 0.201 e. The zero-order valence-electron chi connectivity index (χ0n) is 27.5. The monoisotopic (exact) mass is 679 g/mol. The molecule has 250 valence electrons. The Hall–Kier alpha value is -3.78. The highest BCUT2D eigenvalue weighted by molar-refractivity contribution is 5.85. The Labute approximate surface area is 289 Å². The van der Waals surface area contributed by atoms with Gasteiger partial charge < -0.3 is 46.1 Å². The lowest BCUT2D eigenvalue weighted by Crippen LogP contribution is -3.00. The molecule has 9 heteroatoms. The molecule has 0 spiro atoms. The van der Waals surface area contributed by atoms with Crippen molar-refractivity contribution in [2.75, 3.05) is 34.9 Å². The van der Waals surface area contributed by atoms with Crippen LogP contribution in [0.25, 0.3) is 0 Å². The van der Waals surface area contributed by atoms with E-state index in [2.05, 4.69) is 45.3 Å². The average Bonchev–Trinajstić information content (AvgIpc) is 3.03. The van der Waals surface area contributed by atoms with Crippen LogP contribution in [0.4, 0.5) is 0 Å². The molecule has 3 aliphatic heterocycles. The number of phenols is 2. The van der Waals surface area contributed by atoms with Gasteiger partial charge in [0, 0.05) is 12.8 Å². The van der Waals surface area contributed by atoms with Gasteiger partial charge in [0.15, 0.2) is 34.5 Å². The fourth-order valence-electron chi connectivity index (χ4n) is 7.58. The van der Waals surface area contributed by atoms with Gasteiger partial charge in [-0.1, -0.05) is 25.1 Å². The Bertz CT molecular complexity index is 1770. The number of ether oxygens (including phenoxy) is 4. The van der Waals surface area contributed by atoms with Crippen LogP contribution >= 0.6 is 12.4 Å². The molecule has 4 aromatic rings. The number of quaternary nitrogens is 1. The lowest BCUT2D eigenvalue weighted by atomic mass is 9.73. The summed E-state index contributed by atoms with van der Waals surface area (Å²) in [5.74, 6) is 4.02. The Kier molecular flexibility index (Phi) is 9.84. The molecule has 8 rings (SSSR count). The minimum absolute atomic E-state index is 0. The quantitative estimate of drug-likeness (QED) is 0.282. The number of halogens is 2. The number of rotatable bonds is 2. The maximum atomic E-state index is 11.5. The van der Waals surface area contributed by atoms with Crippen LogP contribution in [-0.4, -0.2) is 49.6 Å². The topological polar surface area (TPSA) is 77.4 Å². The number of hydrogen-bond acceptors (Lipinski definition) is 6. The predicted octanol–water partition coefficient (Wildman–Crippen LogP) is 5.26. The van der Waals surface area contributed by atoms with E-state index in [0.717, 1.165) is 48.9 Å². The van der Waals surface area contributed by atoms with Crippen molar-refractivity contribution in [3.8, 4) is 46.0 Å². The number of aryl methyl sites for hydroxylation is 1. The molecule has 1 unspecified atom stereocenters. The standard InChI is InChI=1S/C38H41NO6.2ClH/c1-22-6-10-25-19-33(42-4)34-21-29(25)28(22)16-23-7-11-27(12-8-23)44-38-36-26(20-35(43-5)37(38)41)14-15-39(2,3)30(36)17-24-9-13-31(40)32(18-24)45-34;;/h7-9,11-13,18-22,28,30H,6,10,14-17H2,1-5H3,(H-,40,41);2*1H/t22?,28-,30-;;/m1../s1. The van der Waals surface area contributed by atoms with E-state index >= 15 is 0 Å². The van der Waals surface area contributed by atoms with Gasteiger partial charge in [-0.3, -0.25) is 0 Å². The number of benzene rings is 4. The molecule has 1 aliphatic carbocycles. The lowest BCUT2D eigenvalue weighted by molar-refractivity contribution is -0.923. The van der Waals surface area contributed by atoms with Gasteiger partial charge in [0.05, 0.1) is 40.4 Å².